The summed E-state index contributed by atoms with van der Waals surface area (Å²) in [5.41, 5.74) is 1.48. The van der Waals surface area contributed by atoms with Gasteiger partial charge in [0.25, 0.3) is 0 Å². The third-order valence-corrected chi connectivity index (χ3v) is 3.93. The molecule has 1 heterocycles. The third-order valence-electron chi connectivity index (χ3n) is 3.93. The van der Waals surface area contributed by atoms with Gasteiger partial charge in [-0.2, -0.15) is 0 Å². The van der Waals surface area contributed by atoms with E-state index in [1.807, 2.05) is 0 Å². The molecule has 0 spiro atoms. The normalized spacial score (nSPS) is 25.6. The summed E-state index contributed by atoms with van der Waals surface area (Å²) < 4.78 is 5.86. The van der Waals surface area contributed by atoms with Crippen LogP contribution in [0, 0.1) is 5.92 Å². The highest BCUT2D eigenvalue weighted by atomic mass is 16.5. The minimum absolute atomic E-state index is 0.116. The maximum absolute atomic E-state index is 5.86. The van der Waals surface area contributed by atoms with Gasteiger partial charge in [0.15, 0.2) is 5.90 Å². The van der Waals surface area contributed by atoms with Crippen molar-refractivity contribution < 1.29 is 4.74 Å². The first-order valence-corrected chi connectivity index (χ1v) is 6.49. The Morgan fingerprint density at radius 1 is 1.24 bits per heavy atom. The Labute approximate surface area is 103 Å². The molecule has 1 aromatic rings. The number of aliphatic imine (C=N–C) groups is 1. The average Bonchev–Trinajstić information content (AvgIpc) is 3.00. The molecule has 0 amide bonds. The van der Waals surface area contributed by atoms with E-state index in [0.717, 1.165) is 12.5 Å². The molecule has 17 heavy (non-hydrogen) atoms. The molecule has 2 aliphatic rings. The van der Waals surface area contributed by atoms with Crippen molar-refractivity contribution in [2.24, 2.45) is 10.9 Å². The lowest BCUT2D eigenvalue weighted by molar-refractivity contribution is 0.281. The molecular weight excluding hydrogens is 210 g/mol. The average molecular weight is 229 g/mol. The van der Waals surface area contributed by atoms with Gasteiger partial charge in [-0.1, -0.05) is 44.2 Å². The summed E-state index contributed by atoms with van der Waals surface area (Å²) in [6.45, 7) is 5.19. The summed E-state index contributed by atoms with van der Waals surface area (Å²) in [5, 5.41) is 0. The van der Waals surface area contributed by atoms with Gasteiger partial charge >= 0.3 is 0 Å². The van der Waals surface area contributed by atoms with E-state index in [-0.39, 0.29) is 5.41 Å². The molecule has 2 heteroatoms. The molecular formula is C15H19NO. The van der Waals surface area contributed by atoms with Crippen LogP contribution in [-0.2, 0) is 10.2 Å². The van der Waals surface area contributed by atoms with Gasteiger partial charge in [0.2, 0.25) is 0 Å². The van der Waals surface area contributed by atoms with Crippen molar-refractivity contribution in [3.8, 4) is 0 Å². The lowest BCUT2D eigenvalue weighted by Crippen LogP contribution is -2.20. The molecule has 90 valence electrons. The maximum atomic E-state index is 5.86. The van der Waals surface area contributed by atoms with Crippen LogP contribution >= 0.6 is 0 Å². The largest absolute Gasteiger partial charge is 0.478 e. The molecule has 2 nitrogen and oxygen atoms in total. The topological polar surface area (TPSA) is 21.6 Å². The van der Waals surface area contributed by atoms with E-state index < -0.39 is 0 Å². The Morgan fingerprint density at radius 3 is 2.47 bits per heavy atom. The van der Waals surface area contributed by atoms with Crippen molar-refractivity contribution in [2.75, 3.05) is 6.61 Å². The number of benzene rings is 1. The third kappa shape index (κ3) is 1.76. The number of hydrogen-bond acceptors (Lipinski definition) is 2. The summed E-state index contributed by atoms with van der Waals surface area (Å²) in [6, 6.07) is 11.0. The van der Waals surface area contributed by atoms with Crippen LogP contribution in [0.1, 0.15) is 32.3 Å². The molecule has 0 N–H and O–H groups in total. The van der Waals surface area contributed by atoms with Gasteiger partial charge < -0.3 is 4.74 Å². The molecule has 0 bridgehead atoms. The number of ether oxygens (including phenoxy) is 1. The first-order valence-electron chi connectivity index (χ1n) is 6.49. The van der Waals surface area contributed by atoms with Gasteiger partial charge in [0, 0.05) is 0 Å². The van der Waals surface area contributed by atoms with E-state index in [1.165, 1.54) is 18.4 Å². The highest BCUT2D eigenvalue weighted by molar-refractivity contribution is 5.92. The Kier molecular flexibility index (Phi) is 2.46. The Bertz CT molecular complexity index is 431. The van der Waals surface area contributed by atoms with Crippen LogP contribution < -0.4 is 0 Å². The molecule has 3 rings (SSSR count). The second-order valence-electron chi connectivity index (χ2n) is 5.50. The quantitative estimate of drug-likeness (QED) is 0.780. The minimum atomic E-state index is 0.116. The van der Waals surface area contributed by atoms with Crippen molar-refractivity contribution in [1.29, 1.82) is 0 Å². The predicted octanol–water partition coefficient (Wildman–Crippen LogP) is 3.17. The summed E-state index contributed by atoms with van der Waals surface area (Å²) in [7, 11) is 0. The van der Waals surface area contributed by atoms with E-state index >= 15 is 0 Å². The fourth-order valence-electron chi connectivity index (χ4n) is 2.50. The van der Waals surface area contributed by atoms with Crippen molar-refractivity contribution in [2.45, 2.75) is 38.1 Å². The lowest BCUT2D eigenvalue weighted by Gasteiger charge is -2.14. The maximum Gasteiger partial charge on any atom is 0.194 e. The molecule has 1 saturated carbocycles. The standard InChI is InChI=1S/C15H19NO/c1-11(2)13-10-17-14(16-13)15(8-9-15)12-6-4-3-5-7-12/h3-7,11,13H,8-10H2,1-2H3/t13-/m1/s1. The zero-order valence-electron chi connectivity index (χ0n) is 10.5. The highest BCUT2D eigenvalue weighted by Crippen LogP contribution is 2.50. The lowest BCUT2D eigenvalue weighted by atomic mass is 9.96. The zero-order valence-corrected chi connectivity index (χ0v) is 10.5. The molecule has 1 fully saturated rings. The molecule has 1 aliphatic heterocycles. The zero-order chi connectivity index (χ0) is 11.9. The van der Waals surface area contributed by atoms with E-state index in [0.29, 0.717) is 12.0 Å². The summed E-state index contributed by atoms with van der Waals surface area (Å²) in [4.78, 5) is 4.79. The SMILES string of the molecule is CC(C)[C@H]1COC(C2(c3ccccc3)CC2)=N1. The molecule has 1 aromatic carbocycles. The van der Waals surface area contributed by atoms with Crippen LogP contribution in [0.3, 0.4) is 0 Å². The molecule has 0 unspecified atom stereocenters. The first kappa shape index (κ1) is 10.8. The van der Waals surface area contributed by atoms with Crippen LogP contribution in [0.4, 0.5) is 0 Å². The monoisotopic (exact) mass is 229 g/mol. The first-order chi connectivity index (χ1) is 8.22. The molecule has 0 saturated heterocycles. The Morgan fingerprint density at radius 2 is 1.94 bits per heavy atom. The minimum Gasteiger partial charge on any atom is -0.478 e. The van der Waals surface area contributed by atoms with E-state index in [1.54, 1.807) is 0 Å². The van der Waals surface area contributed by atoms with E-state index in [9.17, 15) is 0 Å². The van der Waals surface area contributed by atoms with Crippen molar-refractivity contribution in [3.05, 3.63) is 35.9 Å². The van der Waals surface area contributed by atoms with Crippen LogP contribution in [0.2, 0.25) is 0 Å². The highest BCUT2D eigenvalue weighted by Gasteiger charge is 2.52. The van der Waals surface area contributed by atoms with Crippen molar-refractivity contribution in [3.63, 3.8) is 0 Å². The van der Waals surface area contributed by atoms with Crippen molar-refractivity contribution in [1.82, 2.24) is 0 Å². The van der Waals surface area contributed by atoms with Gasteiger partial charge in [-0.25, -0.2) is 4.99 Å². The van der Waals surface area contributed by atoms with Crippen LogP contribution in [0.5, 0.6) is 0 Å². The molecule has 1 aliphatic carbocycles. The summed E-state index contributed by atoms with van der Waals surface area (Å²) in [5.74, 6) is 1.56. The fourth-order valence-corrected chi connectivity index (χ4v) is 2.50. The predicted molar refractivity (Wildman–Crippen MR) is 69.4 cm³/mol. The van der Waals surface area contributed by atoms with Crippen LogP contribution in [0.15, 0.2) is 35.3 Å². The summed E-state index contributed by atoms with van der Waals surface area (Å²) in [6.07, 6.45) is 2.36. The van der Waals surface area contributed by atoms with Crippen LogP contribution in [-0.4, -0.2) is 18.5 Å². The Hall–Kier alpha value is -1.31. The Balaban J connectivity index is 1.88. The number of rotatable bonds is 3. The van der Waals surface area contributed by atoms with Gasteiger partial charge in [-0.3, -0.25) is 0 Å². The summed E-state index contributed by atoms with van der Waals surface area (Å²) >= 11 is 0. The molecule has 1 atom stereocenters. The fraction of sp³-hybridized carbons (Fsp3) is 0.533. The number of nitrogens with zero attached hydrogens (tertiary/aromatic N) is 1. The second-order valence-corrected chi connectivity index (χ2v) is 5.50. The molecule has 0 aromatic heterocycles. The number of hydrogen-bond donors (Lipinski definition) is 0. The smallest absolute Gasteiger partial charge is 0.194 e. The van der Waals surface area contributed by atoms with Gasteiger partial charge in [0.05, 0.1) is 11.5 Å². The van der Waals surface area contributed by atoms with E-state index in [4.69, 9.17) is 9.73 Å². The molecule has 0 radical (unpaired) electrons. The van der Waals surface area contributed by atoms with Gasteiger partial charge in [0.1, 0.15) is 6.61 Å². The van der Waals surface area contributed by atoms with Crippen LogP contribution in [0.25, 0.3) is 0 Å². The van der Waals surface area contributed by atoms with E-state index in [2.05, 4.69) is 44.2 Å². The van der Waals surface area contributed by atoms with Gasteiger partial charge in [-0.15, -0.1) is 0 Å². The van der Waals surface area contributed by atoms with Crippen molar-refractivity contribution >= 4 is 5.90 Å². The second kappa shape index (κ2) is 3.86. The van der Waals surface area contributed by atoms with Gasteiger partial charge in [-0.05, 0) is 24.3 Å².